The van der Waals surface area contributed by atoms with Gasteiger partial charge in [0.2, 0.25) is 0 Å². The fourth-order valence-corrected chi connectivity index (χ4v) is 3.12. The lowest BCUT2D eigenvalue weighted by Crippen LogP contribution is -2.31. The van der Waals surface area contributed by atoms with Gasteiger partial charge in [0, 0.05) is 10.8 Å². The molecule has 3 unspecified atom stereocenters. The van der Waals surface area contributed by atoms with Crippen LogP contribution < -0.4 is 5.32 Å². The Labute approximate surface area is 118 Å². The van der Waals surface area contributed by atoms with Crippen molar-refractivity contribution in [2.24, 2.45) is 10.9 Å². The summed E-state index contributed by atoms with van der Waals surface area (Å²) in [6.07, 6.45) is 0. The van der Waals surface area contributed by atoms with E-state index >= 15 is 0 Å². The van der Waals surface area contributed by atoms with Gasteiger partial charge in [-0.25, -0.2) is 0 Å². The summed E-state index contributed by atoms with van der Waals surface area (Å²) in [4.78, 5) is 4.69. The summed E-state index contributed by atoms with van der Waals surface area (Å²) in [6, 6.07) is 8.63. The van der Waals surface area contributed by atoms with Crippen molar-refractivity contribution in [3.8, 4) is 0 Å². The Kier molecular flexibility index (Phi) is 4.57. The van der Waals surface area contributed by atoms with Gasteiger partial charge >= 0.3 is 0 Å². The van der Waals surface area contributed by atoms with Gasteiger partial charge in [0.25, 0.3) is 0 Å². The lowest BCUT2D eigenvalue weighted by molar-refractivity contribution is 0.532. The Hall–Kier alpha value is -0.670. The summed E-state index contributed by atoms with van der Waals surface area (Å²) in [5.41, 5.74) is 1.23. The van der Waals surface area contributed by atoms with Gasteiger partial charge in [-0.05, 0) is 37.5 Å². The van der Waals surface area contributed by atoms with Crippen LogP contribution in [0.4, 0.5) is 0 Å². The third-order valence-corrected chi connectivity index (χ3v) is 4.78. The van der Waals surface area contributed by atoms with Crippen molar-refractivity contribution in [1.82, 2.24) is 5.32 Å². The topological polar surface area (TPSA) is 24.4 Å². The number of nitrogens with one attached hydrogen (secondary N) is 1. The number of nitrogens with zero attached hydrogens (tertiary/aromatic N) is 1. The van der Waals surface area contributed by atoms with E-state index in [1.54, 1.807) is 0 Å². The van der Waals surface area contributed by atoms with Crippen LogP contribution in [0.1, 0.15) is 32.4 Å². The van der Waals surface area contributed by atoms with Crippen LogP contribution in [-0.4, -0.2) is 17.0 Å². The zero-order chi connectivity index (χ0) is 13.1. The monoisotopic (exact) mass is 282 g/mol. The van der Waals surface area contributed by atoms with Gasteiger partial charge in [-0.15, -0.1) is 0 Å². The largest absolute Gasteiger partial charge is 0.358 e. The smallest absolute Gasteiger partial charge is 0.157 e. The van der Waals surface area contributed by atoms with Gasteiger partial charge in [-0.1, -0.05) is 42.4 Å². The van der Waals surface area contributed by atoms with Crippen molar-refractivity contribution in [1.29, 1.82) is 0 Å². The van der Waals surface area contributed by atoms with Crippen LogP contribution in [0.3, 0.4) is 0 Å². The van der Waals surface area contributed by atoms with Crippen LogP contribution in [0.25, 0.3) is 0 Å². The van der Waals surface area contributed by atoms with E-state index in [2.05, 4.69) is 43.2 Å². The normalized spacial score (nSPS) is 25.4. The summed E-state index contributed by atoms with van der Waals surface area (Å²) in [6.45, 7) is 6.58. The molecule has 0 fully saturated rings. The Balaban J connectivity index is 2.01. The van der Waals surface area contributed by atoms with Crippen molar-refractivity contribution in [2.75, 3.05) is 5.75 Å². The highest BCUT2D eigenvalue weighted by atomic mass is 35.5. The van der Waals surface area contributed by atoms with E-state index in [-0.39, 0.29) is 6.04 Å². The molecule has 2 rings (SSSR count). The number of halogens is 1. The molecule has 0 amide bonds. The number of hydrogen-bond acceptors (Lipinski definition) is 3. The zero-order valence-corrected chi connectivity index (χ0v) is 12.6. The first-order valence-corrected chi connectivity index (χ1v) is 7.65. The number of aliphatic imine (C=N–C) groups is 1. The van der Waals surface area contributed by atoms with Gasteiger partial charge in [-0.2, -0.15) is 0 Å². The maximum atomic E-state index is 5.90. The molecule has 1 N–H and O–H groups in total. The van der Waals surface area contributed by atoms with E-state index in [1.165, 1.54) is 5.56 Å². The van der Waals surface area contributed by atoms with Crippen molar-refractivity contribution < 1.29 is 0 Å². The van der Waals surface area contributed by atoms with Crippen LogP contribution in [-0.2, 0) is 0 Å². The fraction of sp³-hybridized carbons (Fsp3) is 0.500. The van der Waals surface area contributed by atoms with Crippen LogP contribution in [0.5, 0.6) is 0 Å². The lowest BCUT2D eigenvalue weighted by Gasteiger charge is -2.26. The predicted octanol–water partition coefficient (Wildman–Crippen LogP) is 4.12. The molecule has 0 radical (unpaired) electrons. The molecular formula is C14H19ClN2S. The first-order chi connectivity index (χ1) is 8.56. The Morgan fingerprint density at radius 3 is 2.61 bits per heavy atom. The summed E-state index contributed by atoms with van der Waals surface area (Å²) in [5.74, 6) is 1.80. The van der Waals surface area contributed by atoms with Crippen molar-refractivity contribution in [2.45, 2.75) is 32.9 Å². The van der Waals surface area contributed by atoms with Crippen LogP contribution >= 0.6 is 23.4 Å². The number of thioether (sulfide) groups is 1. The van der Waals surface area contributed by atoms with Crippen LogP contribution in [0, 0.1) is 5.92 Å². The second kappa shape index (κ2) is 5.98. The first kappa shape index (κ1) is 13.8. The maximum absolute atomic E-state index is 5.90. The Morgan fingerprint density at radius 1 is 1.33 bits per heavy atom. The molecule has 2 nitrogen and oxygen atoms in total. The number of rotatable bonds is 2. The third-order valence-electron chi connectivity index (χ3n) is 3.34. The zero-order valence-electron chi connectivity index (χ0n) is 11.0. The minimum absolute atomic E-state index is 0.258. The van der Waals surface area contributed by atoms with Gasteiger partial charge in [0.15, 0.2) is 5.17 Å². The molecule has 1 aromatic carbocycles. The molecule has 1 aliphatic rings. The molecule has 0 bridgehead atoms. The molecule has 4 heteroatoms. The second-order valence-corrected chi connectivity index (χ2v) is 6.33. The molecule has 0 saturated carbocycles. The molecule has 0 spiro atoms. The standard InChI is InChI=1S/C14H19ClN2S/c1-9-8-18-14(16-10(9)2)17-11(3)12-4-6-13(15)7-5-12/h4-7,9-11H,8H2,1-3H3,(H,16,17). The van der Waals surface area contributed by atoms with E-state index in [4.69, 9.17) is 11.6 Å². The number of amidine groups is 1. The average molecular weight is 283 g/mol. The highest BCUT2D eigenvalue weighted by Gasteiger charge is 2.20. The SMILES string of the molecule is CC(NC1=NC(C)C(C)CS1)c1ccc(Cl)cc1. The van der Waals surface area contributed by atoms with Gasteiger partial charge in [0.05, 0.1) is 12.1 Å². The highest BCUT2D eigenvalue weighted by Crippen LogP contribution is 2.24. The van der Waals surface area contributed by atoms with E-state index in [1.807, 2.05) is 23.9 Å². The van der Waals surface area contributed by atoms with Crippen molar-refractivity contribution >= 4 is 28.5 Å². The van der Waals surface area contributed by atoms with Crippen molar-refractivity contribution in [3.63, 3.8) is 0 Å². The van der Waals surface area contributed by atoms with E-state index < -0.39 is 0 Å². The molecule has 18 heavy (non-hydrogen) atoms. The summed E-state index contributed by atoms with van der Waals surface area (Å²) >= 11 is 7.71. The first-order valence-electron chi connectivity index (χ1n) is 6.29. The molecule has 0 aliphatic carbocycles. The maximum Gasteiger partial charge on any atom is 0.157 e. The molecule has 1 aromatic rings. The third kappa shape index (κ3) is 3.42. The molecular weight excluding hydrogens is 264 g/mol. The van der Waals surface area contributed by atoms with Gasteiger partial charge < -0.3 is 5.32 Å². The van der Waals surface area contributed by atoms with E-state index in [0.717, 1.165) is 15.9 Å². The summed E-state index contributed by atoms with van der Waals surface area (Å²) < 4.78 is 0. The lowest BCUT2D eigenvalue weighted by atomic mass is 10.1. The fourth-order valence-electron chi connectivity index (χ4n) is 1.80. The molecule has 1 aliphatic heterocycles. The molecule has 3 atom stereocenters. The summed E-state index contributed by atoms with van der Waals surface area (Å²) in [7, 11) is 0. The minimum atomic E-state index is 0.258. The Morgan fingerprint density at radius 2 is 2.00 bits per heavy atom. The van der Waals surface area contributed by atoms with E-state index in [9.17, 15) is 0 Å². The quantitative estimate of drug-likeness (QED) is 0.882. The minimum Gasteiger partial charge on any atom is -0.358 e. The van der Waals surface area contributed by atoms with Crippen LogP contribution in [0.15, 0.2) is 29.3 Å². The van der Waals surface area contributed by atoms with E-state index in [0.29, 0.717) is 12.0 Å². The molecule has 0 saturated heterocycles. The number of hydrogen-bond donors (Lipinski definition) is 1. The predicted molar refractivity (Wildman–Crippen MR) is 81.5 cm³/mol. The highest BCUT2D eigenvalue weighted by molar-refractivity contribution is 8.13. The van der Waals surface area contributed by atoms with Crippen LogP contribution in [0.2, 0.25) is 5.02 Å². The van der Waals surface area contributed by atoms with Gasteiger partial charge in [0.1, 0.15) is 0 Å². The number of benzene rings is 1. The molecule has 98 valence electrons. The van der Waals surface area contributed by atoms with Crippen molar-refractivity contribution in [3.05, 3.63) is 34.9 Å². The Bertz CT molecular complexity index is 430. The van der Waals surface area contributed by atoms with Gasteiger partial charge in [-0.3, -0.25) is 4.99 Å². The molecule has 1 heterocycles. The second-order valence-electron chi connectivity index (χ2n) is 4.88. The summed E-state index contributed by atoms with van der Waals surface area (Å²) in [5, 5.41) is 5.31. The average Bonchev–Trinajstić information content (AvgIpc) is 2.34. The molecule has 0 aromatic heterocycles.